The third-order valence-electron chi connectivity index (χ3n) is 4.52. The highest BCUT2D eigenvalue weighted by atomic mass is 19.1. The standard InChI is InChI=1S/C21H23FN2O3/c1-3-21(25)24(13-15-8-10-16(22)11-9-15)14-17-12-19(23-27-17)18-6-4-5-7-20(18)26-2/h4-11,17H,3,12-14H2,1-2H3/t17-/m0/s1. The largest absolute Gasteiger partial charge is 0.496 e. The molecule has 1 amide bonds. The number of hydrogen-bond donors (Lipinski definition) is 0. The molecule has 1 heterocycles. The van der Waals surface area contributed by atoms with Crippen molar-refractivity contribution in [2.45, 2.75) is 32.4 Å². The van der Waals surface area contributed by atoms with Gasteiger partial charge in [0.05, 0.1) is 19.4 Å². The highest BCUT2D eigenvalue weighted by molar-refractivity contribution is 6.03. The number of halogens is 1. The number of carbonyl (C=O) groups excluding carboxylic acids is 1. The summed E-state index contributed by atoms with van der Waals surface area (Å²) >= 11 is 0. The number of oxime groups is 1. The Labute approximate surface area is 158 Å². The minimum Gasteiger partial charge on any atom is -0.496 e. The van der Waals surface area contributed by atoms with Crippen LogP contribution in [0.2, 0.25) is 0 Å². The quantitative estimate of drug-likeness (QED) is 0.746. The van der Waals surface area contributed by atoms with Gasteiger partial charge < -0.3 is 14.5 Å². The van der Waals surface area contributed by atoms with Gasteiger partial charge in [-0.2, -0.15) is 0 Å². The van der Waals surface area contributed by atoms with Gasteiger partial charge in [0, 0.05) is 24.9 Å². The monoisotopic (exact) mass is 370 g/mol. The molecule has 2 aromatic rings. The molecule has 5 nitrogen and oxygen atoms in total. The molecule has 2 aromatic carbocycles. The van der Waals surface area contributed by atoms with Crippen LogP contribution in [0, 0.1) is 5.82 Å². The second-order valence-corrected chi connectivity index (χ2v) is 6.42. The molecular weight excluding hydrogens is 347 g/mol. The number of hydrogen-bond acceptors (Lipinski definition) is 4. The Hall–Kier alpha value is -2.89. The van der Waals surface area contributed by atoms with Crippen molar-refractivity contribution >= 4 is 11.6 Å². The van der Waals surface area contributed by atoms with Crippen LogP contribution in [-0.2, 0) is 16.2 Å². The lowest BCUT2D eigenvalue weighted by Gasteiger charge is -2.24. The van der Waals surface area contributed by atoms with Crippen LogP contribution in [0.25, 0.3) is 0 Å². The molecule has 0 unspecified atom stereocenters. The van der Waals surface area contributed by atoms with Crippen LogP contribution in [0.3, 0.4) is 0 Å². The number of benzene rings is 2. The third-order valence-corrected chi connectivity index (χ3v) is 4.52. The number of nitrogens with zero attached hydrogens (tertiary/aromatic N) is 2. The van der Waals surface area contributed by atoms with E-state index in [1.54, 1.807) is 24.1 Å². The number of amides is 1. The topological polar surface area (TPSA) is 51.1 Å². The number of rotatable bonds is 7. The zero-order valence-electron chi connectivity index (χ0n) is 15.5. The van der Waals surface area contributed by atoms with Gasteiger partial charge in [-0.05, 0) is 29.8 Å². The van der Waals surface area contributed by atoms with E-state index in [0.717, 1.165) is 22.6 Å². The van der Waals surface area contributed by atoms with Gasteiger partial charge in [-0.15, -0.1) is 0 Å². The normalized spacial score (nSPS) is 15.8. The molecule has 1 atom stereocenters. The number of para-hydroxylation sites is 1. The maximum atomic E-state index is 13.1. The van der Waals surface area contributed by atoms with E-state index < -0.39 is 0 Å². The summed E-state index contributed by atoms with van der Waals surface area (Å²) in [5.74, 6) is 0.475. The summed E-state index contributed by atoms with van der Waals surface area (Å²) in [6, 6.07) is 13.8. The van der Waals surface area contributed by atoms with Crippen LogP contribution in [-0.4, -0.2) is 36.3 Å². The maximum absolute atomic E-state index is 13.1. The Morgan fingerprint density at radius 3 is 2.70 bits per heavy atom. The molecule has 0 radical (unpaired) electrons. The summed E-state index contributed by atoms with van der Waals surface area (Å²) in [5, 5.41) is 4.20. The lowest BCUT2D eigenvalue weighted by atomic mass is 10.0. The van der Waals surface area contributed by atoms with Gasteiger partial charge in [-0.1, -0.05) is 36.3 Å². The highest BCUT2D eigenvalue weighted by Gasteiger charge is 2.27. The summed E-state index contributed by atoms with van der Waals surface area (Å²) < 4.78 is 18.5. The molecule has 0 aromatic heterocycles. The van der Waals surface area contributed by atoms with E-state index in [0.29, 0.717) is 25.9 Å². The van der Waals surface area contributed by atoms with Crippen LogP contribution < -0.4 is 4.74 Å². The Bertz CT molecular complexity index is 820. The summed E-state index contributed by atoms with van der Waals surface area (Å²) in [6.45, 7) is 2.66. The maximum Gasteiger partial charge on any atom is 0.222 e. The molecule has 142 valence electrons. The Morgan fingerprint density at radius 1 is 1.26 bits per heavy atom. The second-order valence-electron chi connectivity index (χ2n) is 6.42. The van der Waals surface area contributed by atoms with E-state index in [-0.39, 0.29) is 17.8 Å². The first-order chi connectivity index (χ1) is 13.1. The van der Waals surface area contributed by atoms with Gasteiger partial charge in [0.25, 0.3) is 0 Å². The van der Waals surface area contributed by atoms with Crippen molar-refractivity contribution in [2.24, 2.45) is 5.16 Å². The summed E-state index contributed by atoms with van der Waals surface area (Å²) in [5.41, 5.74) is 2.58. The number of methoxy groups -OCH3 is 1. The first kappa shape index (κ1) is 18.9. The summed E-state index contributed by atoms with van der Waals surface area (Å²) in [6.07, 6.45) is 0.770. The van der Waals surface area contributed by atoms with Gasteiger partial charge in [0.2, 0.25) is 5.91 Å². The molecule has 0 N–H and O–H groups in total. The van der Waals surface area contributed by atoms with Crippen molar-refractivity contribution in [1.82, 2.24) is 4.90 Å². The fourth-order valence-corrected chi connectivity index (χ4v) is 3.10. The first-order valence-corrected chi connectivity index (χ1v) is 8.99. The van der Waals surface area contributed by atoms with Crippen molar-refractivity contribution in [3.05, 3.63) is 65.5 Å². The van der Waals surface area contributed by atoms with Crippen molar-refractivity contribution in [3.8, 4) is 5.75 Å². The van der Waals surface area contributed by atoms with Crippen LogP contribution in [0.5, 0.6) is 5.75 Å². The van der Waals surface area contributed by atoms with Crippen molar-refractivity contribution in [3.63, 3.8) is 0 Å². The van der Waals surface area contributed by atoms with Crippen LogP contribution in [0.4, 0.5) is 4.39 Å². The molecular formula is C21H23FN2O3. The fourth-order valence-electron chi connectivity index (χ4n) is 3.10. The molecule has 0 fully saturated rings. The van der Waals surface area contributed by atoms with Gasteiger partial charge in [0.15, 0.2) is 6.10 Å². The molecule has 0 spiro atoms. The molecule has 27 heavy (non-hydrogen) atoms. The molecule has 6 heteroatoms. The molecule has 0 bridgehead atoms. The Morgan fingerprint density at radius 2 is 2.00 bits per heavy atom. The van der Waals surface area contributed by atoms with E-state index in [2.05, 4.69) is 5.16 Å². The van der Waals surface area contributed by atoms with Gasteiger partial charge in [-0.3, -0.25) is 4.79 Å². The van der Waals surface area contributed by atoms with Gasteiger partial charge >= 0.3 is 0 Å². The van der Waals surface area contributed by atoms with Gasteiger partial charge in [0.1, 0.15) is 11.6 Å². The van der Waals surface area contributed by atoms with Gasteiger partial charge in [-0.25, -0.2) is 4.39 Å². The van der Waals surface area contributed by atoms with Crippen LogP contribution >= 0.6 is 0 Å². The Balaban J connectivity index is 1.67. The molecule has 0 saturated carbocycles. The molecule has 3 rings (SSSR count). The lowest BCUT2D eigenvalue weighted by Crippen LogP contribution is -2.36. The van der Waals surface area contributed by atoms with Crippen molar-refractivity contribution in [1.29, 1.82) is 0 Å². The minimum atomic E-state index is -0.291. The van der Waals surface area contributed by atoms with E-state index in [4.69, 9.17) is 9.57 Å². The van der Waals surface area contributed by atoms with E-state index >= 15 is 0 Å². The van der Waals surface area contributed by atoms with Crippen molar-refractivity contribution < 1.29 is 18.8 Å². The van der Waals surface area contributed by atoms with Crippen LogP contribution in [0.1, 0.15) is 30.9 Å². The molecule has 0 saturated heterocycles. The zero-order valence-corrected chi connectivity index (χ0v) is 15.5. The SMILES string of the molecule is CCC(=O)N(Cc1ccc(F)cc1)C[C@@H]1CC(c2ccccc2OC)=NO1. The van der Waals surface area contributed by atoms with E-state index in [9.17, 15) is 9.18 Å². The third kappa shape index (κ3) is 4.64. The average Bonchev–Trinajstić information content (AvgIpc) is 3.16. The second kappa shape index (κ2) is 8.66. The predicted octanol–water partition coefficient (Wildman–Crippen LogP) is 3.77. The van der Waals surface area contributed by atoms with Crippen LogP contribution in [0.15, 0.2) is 53.7 Å². The average molecular weight is 370 g/mol. The first-order valence-electron chi connectivity index (χ1n) is 8.99. The smallest absolute Gasteiger partial charge is 0.222 e. The predicted molar refractivity (Wildman–Crippen MR) is 101 cm³/mol. The van der Waals surface area contributed by atoms with E-state index in [1.807, 2.05) is 31.2 Å². The zero-order chi connectivity index (χ0) is 19.2. The summed E-state index contributed by atoms with van der Waals surface area (Å²) in [4.78, 5) is 19.7. The lowest BCUT2D eigenvalue weighted by molar-refractivity contribution is -0.133. The van der Waals surface area contributed by atoms with Crippen molar-refractivity contribution in [2.75, 3.05) is 13.7 Å². The fraction of sp³-hybridized carbons (Fsp3) is 0.333. The molecule has 1 aliphatic heterocycles. The highest BCUT2D eigenvalue weighted by Crippen LogP contribution is 2.25. The minimum absolute atomic E-state index is 0.0219. The van der Waals surface area contributed by atoms with E-state index in [1.165, 1.54) is 12.1 Å². The molecule has 1 aliphatic rings. The summed E-state index contributed by atoms with van der Waals surface area (Å²) in [7, 11) is 1.62. The Kier molecular flexibility index (Phi) is 6.06. The molecule has 0 aliphatic carbocycles. The number of carbonyl (C=O) groups is 1. The number of ether oxygens (including phenoxy) is 1.